The van der Waals surface area contributed by atoms with Gasteiger partial charge in [-0.3, -0.25) is 4.79 Å². The van der Waals surface area contributed by atoms with Crippen molar-refractivity contribution in [3.8, 4) is 0 Å². The van der Waals surface area contributed by atoms with Gasteiger partial charge in [0.15, 0.2) is 12.6 Å². The summed E-state index contributed by atoms with van der Waals surface area (Å²) in [5.41, 5.74) is -2.68. The van der Waals surface area contributed by atoms with E-state index in [1.807, 2.05) is 13.8 Å². The molecule has 8 rings (SSSR count). The third kappa shape index (κ3) is 7.53. The van der Waals surface area contributed by atoms with Crippen molar-refractivity contribution in [2.24, 2.45) is 50.7 Å². The number of carbonyl (C=O) groups excluding carboxylic acids is 1. The van der Waals surface area contributed by atoms with E-state index < -0.39 is 133 Å². The van der Waals surface area contributed by atoms with Crippen molar-refractivity contribution >= 4 is 5.97 Å². The van der Waals surface area contributed by atoms with Crippen LogP contribution in [0.5, 0.6) is 0 Å². The molecule has 0 aromatic carbocycles. The normalized spacial score (nSPS) is 55.4. The number of aliphatic hydroxyl groups excluding tert-OH is 10. The van der Waals surface area contributed by atoms with Crippen LogP contribution < -0.4 is 0 Å². The minimum absolute atomic E-state index is 0.150. The van der Waals surface area contributed by atoms with Crippen LogP contribution in [-0.2, 0) is 33.2 Å². The smallest absolute Gasteiger partial charge is 0.315 e. The Morgan fingerprint density at radius 3 is 1.94 bits per heavy atom. The summed E-state index contributed by atoms with van der Waals surface area (Å²) in [5, 5.41) is 117. The van der Waals surface area contributed by atoms with Crippen LogP contribution >= 0.6 is 0 Å². The maximum absolute atomic E-state index is 14.7. The maximum atomic E-state index is 14.7. The van der Waals surface area contributed by atoms with Gasteiger partial charge in [0.2, 0.25) is 6.29 Å². The third-order valence-corrected chi connectivity index (χ3v) is 19.3. The number of esters is 1. The van der Waals surface area contributed by atoms with E-state index in [1.54, 1.807) is 0 Å². The molecule has 5 aliphatic carbocycles. The summed E-state index contributed by atoms with van der Waals surface area (Å²) in [5.74, 6) is -1.02. The molecule has 0 unspecified atom stereocenters. The monoisotopic (exact) mass is 929 g/mol. The summed E-state index contributed by atoms with van der Waals surface area (Å²) in [6.07, 6.45) is -13.4. The average molecular weight is 929 g/mol. The molecule has 7 fully saturated rings. The first-order valence-corrected chi connectivity index (χ1v) is 23.9. The number of fused-ring (bicyclic) bond motifs is 7. The van der Waals surface area contributed by atoms with E-state index in [0.717, 1.165) is 24.8 Å². The first-order chi connectivity index (χ1) is 30.3. The van der Waals surface area contributed by atoms with Gasteiger partial charge in [0.25, 0.3) is 0 Å². The average Bonchev–Trinajstić information content (AvgIpc) is 3.25. The first-order valence-electron chi connectivity index (χ1n) is 23.9. The van der Waals surface area contributed by atoms with Gasteiger partial charge in [-0.25, -0.2) is 0 Å². The fraction of sp³-hybridized carbons (Fsp3) is 0.936. The summed E-state index contributed by atoms with van der Waals surface area (Å²) in [4.78, 5) is 14.7. The molecule has 0 aromatic heterocycles. The fourth-order valence-electron chi connectivity index (χ4n) is 15.0. The summed E-state index contributed by atoms with van der Waals surface area (Å²) in [7, 11) is 0. The van der Waals surface area contributed by atoms with Crippen LogP contribution in [0.2, 0.25) is 0 Å². The Morgan fingerprint density at radius 2 is 1.31 bits per heavy atom. The second kappa shape index (κ2) is 17.5. The Kier molecular flexibility index (Phi) is 13.4. The predicted molar refractivity (Wildman–Crippen MR) is 226 cm³/mol. The number of aliphatic hydroxyl groups is 11. The number of carbonyl (C=O) groups is 1. The Morgan fingerprint density at radius 1 is 0.692 bits per heavy atom. The topological polar surface area (TPSA) is 295 Å². The van der Waals surface area contributed by atoms with Crippen molar-refractivity contribution in [3.05, 3.63) is 11.6 Å². The highest BCUT2D eigenvalue weighted by Gasteiger charge is 2.72. The van der Waals surface area contributed by atoms with E-state index in [2.05, 4.69) is 40.7 Å². The molecule has 0 bridgehead atoms. The van der Waals surface area contributed by atoms with Crippen LogP contribution in [0.25, 0.3) is 0 Å². The third-order valence-electron chi connectivity index (χ3n) is 19.3. The molecule has 0 radical (unpaired) electrons. The molecule has 8 aliphatic rings. The zero-order valence-electron chi connectivity index (χ0n) is 38.8. The Labute approximate surface area is 380 Å². The summed E-state index contributed by atoms with van der Waals surface area (Å²) >= 11 is 0. The number of hydrogen-bond donors (Lipinski definition) is 11. The lowest BCUT2D eigenvalue weighted by molar-refractivity contribution is -0.357. The molecule has 3 aliphatic heterocycles. The molecule has 65 heavy (non-hydrogen) atoms. The second-order valence-corrected chi connectivity index (χ2v) is 22.7. The van der Waals surface area contributed by atoms with Gasteiger partial charge in [-0.15, -0.1) is 0 Å². The highest BCUT2D eigenvalue weighted by Crippen LogP contribution is 2.76. The lowest BCUT2D eigenvalue weighted by Crippen LogP contribution is -2.68. The van der Waals surface area contributed by atoms with Gasteiger partial charge in [0.05, 0.1) is 36.9 Å². The summed E-state index contributed by atoms with van der Waals surface area (Å²) < 4.78 is 35.5. The summed E-state index contributed by atoms with van der Waals surface area (Å²) in [6.45, 7) is 13.7. The minimum atomic E-state index is -1.75. The van der Waals surface area contributed by atoms with Crippen molar-refractivity contribution < 1.29 is 89.4 Å². The molecule has 0 aromatic rings. The lowest BCUT2D eigenvalue weighted by atomic mass is 9.33. The van der Waals surface area contributed by atoms with E-state index in [1.165, 1.54) is 0 Å². The SMILES string of the molecule is C[C@@H]1CC[C@]2(C(=O)O[C@@H]3O[C@H](CO)[C@@H](O)[C@H](O)[C@H]3O)CC[C@]3(C)C(=CC[C@@H]4[C@@]5(C)CC[C@H](O[C@@H]6OC[C@H](O)[C@H](O[C@H]7O[C@@H](CO)[C@H](O)[C@@H](O)[C@@H]7O)[C@H]6O)C(C)(C)[C@@H]5CC[C@]43C)[C@@H]2[C@]1(C)O. The minimum Gasteiger partial charge on any atom is -0.432 e. The molecule has 0 amide bonds. The number of allylic oxidation sites excluding steroid dienone is 1. The van der Waals surface area contributed by atoms with Crippen LogP contribution in [0.3, 0.4) is 0 Å². The van der Waals surface area contributed by atoms with Gasteiger partial charge < -0.3 is 84.6 Å². The van der Waals surface area contributed by atoms with Crippen molar-refractivity contribution in [2.45, 2.75) is 204 Å². The number of hydrogen-bond acceptors (Lipinski definition) is 18. The van der Waals surface area contributed by atoms with Crippen molar-refractivity contribution in [3.63, 3.8) is 0 Å². The Balaban J connectivity index is 1.02. The highest BCUT2D eigenvalue weighted by atomic mass is 16.7. The summed E-state index contributed by atoms with van der Waals surface area (Å²) in [6, 6.07) is 0. The predicted octanol–water partition coefficient (Wildman–Crippen LogP) is -0.250. The standard InChI is InChI=1S/C47H76O18/c1-21-10-15-47(41(58)65-40-34(56)32(54)30(52)25(19-49)62-40)17-16-44(5)22(37(47)46(21,7)59)8-9-27-43(4)13-12-28(42(2,3)26(43)11-14-45(27,44)6)63-38-35(57)36(23(50)20-60-38)64-39-33(55)31(53)29(51)24(18-48)61-39/h8,21,23-40,48-57,59H,9-20H2,1-7H3/t21-,23+,24+,25-,26+,27-,28+,29+,30-,31-,32+,33+,34-,35-,36+,37-,38+,39-,40+,43+,44-,45-,46-,47+/m1/s1. The van der Waals surface area contributed by atoms with Crippen molar-refractivity contribution in [1.82, 2.24) is 0 Å². The highest BCUT2D eigenvalue weighted by molar-refractivity contribution is 5.79. The van der Waals surface area contributed by atoms with E-state index >= 15 is 0 Å². The van der Waals surface area contributed by atoms with Crippen LogP contribution in [0.15, 0.2) is 11.6 Å². The molecule has 4 saturated carbocycles. The molecular formula is C47H76O18. The quantitative estimate of drug-likeness (QED) is 0.0850. The molecule has 3 saturated heterocycles. The van der Waals surface area contributed by atoms with E-state index in [-0.39, 0.29) is 41.3 Å². The molecule has 24 atom stereocenters. The molecule has 18 heteroatoms. The zero-order chi connectivity index (χ0) is 47.6. The van der Waals surface area contributed by atoms with Gasteiger partial charge >= 0.3 is 5.97 Å². The van der Waals surface area contributed by atoms with Crippen LogP contribution in [-0.4, -0.2) is 180 Å². The largest absolute Gasteiger partial charge is 0.432 e. The van der Waals surface area contributed by atoms with Crippen LogP contribution in [0.1, 0.15) is 106 Å². The van der Waals surface area contributed by atoms with Gasteiger partial charge in [0.1, 0.15) is 67.1 Å². The zero-order valence-corrected chi connectivity index (χ0v) is 38.8. The van der Waals surface area contributed by atoms with Crippen LogP contribution in [0.4, 0.5) is 0 Å². The maximum Gasteiger partial charge on any atom is 0.315 e. The molecular weight excluding hydrogens is 852 g/mol. The second-order valence-electron chi connectivity index (χ2n) is 22.7. The van der Waals surface area contributed by atoms with Gasteiger partial charge in [-0.05, 0) is 104 Å². The van der Waals surface area contributed by atoms with Crippen molar-refractivity contribution in [2.75, 3.05) is 19.8 Å². The Bertz CT molecular complexity index is 1770. The molecule has 372 valence electrons. The van der Waals surface area contributed by atoms with Crippen molar-refractivity contribution in [1.29, 1.82) is 0 Å². The molecule has 11 N–H and O–H groups in total. The molecule has 3 heterocycles. The van der Waals surface area contributed by atoms with Gasteiger partial charge in [-0.1, -0.05) is 53.2 Å². The molecule has 0 spiro atoms. The van der Waals surface area contributed by atoms with E-state index in [9.17, 15) is 61.0 Å². The van der Waals surface area contributed by atoms with Gasteiger partial charge in [0, 0.05) is 5.92 Å². The van der Waals surface area contributed by atoms with E-state index in [4.69, 9.17) is 28.4 Å². The van der Waals surface area contributed by atoms with Gasteiger partial charge in [-0.2, -0.15) is 0 Å². The number of ether oxygens (including phenoxy) is 6. The first kappa shape index (κ1) is 50.0. The van der Waals surface area contributed by atoms with Crippen LogP contribution in [0, 0.1) is 50.7 Å². The molecule has 18 nitrogen and oxygen atoms in total. The number of rotatable bonds is 8. The Hall–Kier alpha value is -1.43. The van der Waals surface area contributed by atoms with E-state index in [0.29, 0.717) is 38.5 Å². The lowest BCUT2D eigenvalue weighted by Gasteiger charge is -2.72. The fourth-order valence-corrected chi connectivity index (χ4v) is 15.0.